The van der Waals surface area contributed by atoms with Crippen LogP contribution in [0.5, 0.6) is 0 Å². The number of nitrogens with zero attached hydrogens (tertiary/aromatic N) is 3. The molecule has 7 heteroatoms. The molecule has 1 fully saturated rings. The third-order valence-corrected chi connectivity index (χ3v) is 2.75. The van der Waals surface area contributed by atoms with Crippen molar-refractivity contribution in [2.24, 2.45) is 0 Å². The number of carbonyl (C=O) groups excluding carboxylic acids is 1. The molecule has 1 aliphatic heterocycles. The number of rotatable bonds is 2. The summed E-state index contributed by atoms with van der Waals surface area (Å²) in [4.78, 5) is 21.5. The molecule has 1 N–H and O–H groups in total. The fourth-order valence-electron chi connectivity index (χ4n) is 1.73. The Hall–Kier alpha value is -1.56. The average Bonchev–Trinajstić information content (AvgIpc) is 2.20. The molecule has 2 heterocycles. The van der Waals surface area contributed by atoms with Gasteiger partial charge in [-0.2, -0.15) is 0 Å². The molecule has 0 radical (unpaired) electrons. The van der Waals surface area contributed by atoms with E-state index in [4.69, 9.17) is 16.3 Å². The molecule has 1 saturated heterocycles. The zero-order valence-electron chi connectivity index (χ0n) is 11.2. The number of anilines is 1. The first-order valence-electron chi connectivity index (χ1n) is 6.05. The number of aromatic nitrogens is 2. The minimum Gasteiger partial charge on any atom is -0.444 e. The topological polar surface area (TPSA) is 67.3 Å². The van der Waals surface area contributed by atoms with Gasteiger partial charge in [0.25, 0.3) is 0 Å². The summed E-state index contributed by atoms with van der Waals surface area (Å²) in [5.74, 6) is 0.766. The number of carbonyl (C=O) groups is 1. The van der Waals surface area contributed by atoms with E-state index in [1.54, 1.807) is 6.07 Å². The molecule has 1 aromatic rings. The lowest BCUT2D eigenvalue weighted by Gasteiger charge is -2.40. The Balaban J connectivity index is 1.79. The van der Waals surface area contributed by atoms with Crippen LogP contribution in [-0.4, -0.2) is 40.8 Å². The van der Waals surface area contributed by atoms with Gasteiger partial charge in [-0.3, -0.25) is 0 Å². The first kappa shape index (κ1) is 13.9. The predicted octanol–water partition coefficient (Wildman–Crippen LogP) is 1.84. The Kier molecular flexibility index (Phi) is 3.80. The van der Waals surface area contributed by atoms with Gasteiger partial charge in [-0.15, -0.1) is 0 Å². The van der Waals surface area contributed by atoms with Crippen LogP contribution in [-0.2, 0) is 4.74 Å². The number of amides is 1. The summed E-state index contributed by atoms with van der Waals surface area (Å²) in [6, 6.07) is 1.77. The molecule has 1 aliphatic rings. The van der Waals surface area contributed by atoms with Crippen LogP contribution in [0.15, 0.2) is 12.4 Å². The van der Waals surface area contributed by atoms with E-state index in [1.165, 1.54) is 6.33 Å². The highest BCUT2D eigenvalue weighted by Crippen LogP contribution is 2.20. The van der Waals surface area contributed by atoms with Gasteiger partial charge >= 0.3 is 6.09 Å². The molecule has 1 aromatic heterocycles. The van der Waals surface area contributed by atoms with Crippen molar-refractivity contribution in [2.75, 3.05) is 18.0 Å². The molecule has 0 bridgehead atoms. The lowest BCUT2D eigenvalue weighted by Crippen LogP contribution is -2.60. The number of nitrogens with one attached hydrogen (secondary N) is 1. The molecule has 6 nitrogen and oxygen atoms in total. The van der Waals surface area contributed by atoms with Crippen LogP contribution in [0.4, 0.5) is 10.6 Å². The lowest BCUT2D eigenvalue weighted by atomic mass is 10.1. The van der Waals surface area contributed by atoms with E-state index in [-0.39, 0.29) is 6.04 Å². The molecule has 1 amide bonds. The van der Waals surface area contributed by atoms with Crippen LogP contribution >= 0.6 is 11.6 Å². The van der Waals surface area contributed by atoms with E-state index < -0.39 is 11.7 Å². The van der Waals surface area contributed by atoms with Gasteiger partial charge in [0.05, 0.1) is 6.04 Å². The van der Waals surface area contributed by atoms with E-state index in [0.717, 1.165) is 5.82 Å². The normalized spacial score (nSPS) is 15.9. The number of hydrogen-bond acceptors (Lipinski definition) is 5. The summed E-state index contributed by atoms with van der Waals surface area (Å²) in [6.45, 7) is 6.88. The molecule has 0 spiro atoms. The van der Waals surface area contributed by atoms with Crippen molar-refractivity contribution < 1.29 is 9.53 Å². The number of alkyl carbamates (subject to hydrolysis) is 1. The molecule has 0 aromatic carbocycles. The van der Waals surface area contributed by atoms with Gasteiger partial charge in [0.1, 0.15) is 22.9 Å². The van der Waals surface area contributed by atoms with Crippen molar-refractivity contribution in [1.82, 2.24) is 15.3 Å². The Morgan fingerprint density at radius 2 is 2.16 bits per heavy atom. The van der Waals surface area contributed by atoms with Gasteiger partial charge in [0.2, 0.25) is 0 Å². The third-order valence-electron chi connectivity index (χ3n) is 2.55. The van der Waals surface area contributed by atoms with E-state index in [9.17, 15) is 4.79 Å². The highest BCUT2D eigenvalue weighted by molar-refractivity contribution is 6.29. The highest BCUT2D eigenvalue weighted by Gasteiger charge is 2.30. The lowest BCUT2D eigenvalue weighted by molar-refractivity contribution is 0.0496. The molecule has 0 saturated carbocycles. The van der Waals surface area contributed by atoms with Gasteiger partial charge in [0, 0.05) is 19.2 Å². The van der Waals surface area contributed by atoms with Gasteiger partial charge in [0.15, 0.2) is 0 Å². The third kappa shape index (κ3) is 3.96. The number of ether oxygens (including phenoxy) is 1. The minimum absolute atomic E-state index is 0.0728. The standard InChI is InChI=1S/C12H17ClN4O2/c1-12(2,3)19-11(18)16-8-5-17(6-8)10-4-9(13)14-7-15-10/h4,7-8H,5-6H2,1-3H3,(H,16,18). The van der Waals surface area contributed by atoms with Crippen LogP contribution in [0.2, 0.25) is 5.15 Å². The highest BCUT2D eigenvalue weighted by atomic mass is 35.5. The first-order valence-corrected chi connectivity index (χ1v) is 6.43. The Morgan fingerprint density at radius 1 is 1.47 bits per heavy atom. The van der Waals surface area contributed by atoms with Crippen molar-refractivity contribution in [2.45, 2.75) is 32.4 Å². The van der Waals surface area contributed by atoms with E-state index in [2.05, 4.69) is 15.3 Å². The molecular weight excluding hydrogens is 268 g/mol. The molecule has 0 aliphatic carbocycles. The molecule has 19 heavy (non-hydrogen) atoms. The fraction of sp³-hybridized carbons (Fsp3) is 0.583. The van der Waals surface area contributed by atoms with Crippen molar-refractivity contribution in [3.05, 3.63) is 17.5 Å². The van der Waals surface area contributed by atoms with Crippen LogP contribution in [0, 0.1) is 0 Å². The largest absolute Gasteiger partial charge is 0.444 e. The minimum atomic E-state index is -0.478. The van der Waals surface area contributed by atoms with Gasteiger partial charge in [-0.25, -0.2) is 14.8 Å². The second-order valence-corrected chi connectivity index (χ2v) is 5.83. The maximum atomic E-state index is 11.6. The maximum Gasteiger partial charge on any atom is 0.407 e. The van der Waals surface area contributed by atoms with Crippen molar-refractivity contribution in [3.63, 3.8) is 0 Å². The molecular formula is C12H17ClN4O2. The summed E-state index contributed by atoms with van der Waals surface area (Å²) in [7, 11) is 0. The SMILES string of the molecule is CC(C)(C)OC(=O)NC1CN(c2cc(Cl)ncn2)C1. The van der Waals surface area contributed by atoms with Crippen LogP contribution < -0.4 is 10.2 Å². The van der Waals surface area contributed by atoms with Crippen LogP contribution in [0.25, 0.3) is 0 Å². The van der Waals surface area contributed by atoms with Crippen molar-refractivity contribution >= 4 is 23.5 Å². The van der Waals surface area contributed by atoms with Gasteiger partial charge in [-0.1, -0.05) is 11.6 Å². The Labute approximate surface area is 117 Å². The zero-order valence-corrected chi connectivity index (χ0v) is 11.9. The van der Waals surface area contributed by atoms with Gasteiger partial charge in [-0.05, 0) is 20.8 Å². The summed E-state index contributed by atoms with van der Waals surface area (Å²) >= 11 is 5.80. The molecule has 104 valence electrons. The zero-order chi connectivity index (χ0) is 14.0. The Morgan fingerprint density at radius 3 is 2.74 bits per heavy atom. The molecule has 0 unspecified atom stereocenters. The maximum absolute atomic E-state index is 11.6. The second kappa shape index (κ2) is 5.21. The molecule has 0 atom stereocenters. The fourth-order valence-corrected chi connectivity index (χ4v) is 1.87. The predicted molar refractivity (Wildman–Crippen MR) is 72.4 cm³/mol. The summed E-state index contributed by atoms with van der Waals surface area (Å²) in [5.41, 5.74) is -0.478. The van der Waals surface area contributed by atoms with E-state index in [0.29, 0.717) is 18.2 Å². The van der Waals surface area contributed by atoms with E-state index >= 15 is 0 Å². The van der Waals surface area contributed by atoms with Crippen molar-refractivity contribution in [3.8, 4) is 0 Å². The second-order valence-electron chi connectivity index (χ2n) is 5.45. The summed E-state index contributed by atoms with van der Waals surface area (Å²) < 4.78 is 5.19. The smallest absolute Gasteiger partial charge is 0.407 e. The number of halogens is 1. The van der Waals surface area contributed by atoms with Crippen LogP contribution in [0.1, 0.15) is 20.8 Å². The van der Waals surface area contributed by atoms with Crippen LogP contribution in [0.3, 0.4) is 0 Å². The monoisotopic (exact) mass is 284 g/mol. The first-order chi connectivity index (χ1) is 8.83. The average molecular weight is 285 g/mol. The van der Waals surface area contributed by atoms with E-state index in [1.807, 2.05) is 25.7 Å². The summed E-state index contributed by atoms with van der Waals surface area (Å²) in [6.07, 6.45) is 1.03. The number of hydrogen-bond donors (Lipinski definition) is 1. The molecule has 2 rings (SSSR count). The Bertz CT molecular complexity index is 469. The van der Waals surface area contributed by atoms with Gasteiger partial charge < -0.3 is 15.0 Å². The summed E-state index contributed by atoms with van der Waals surface area (Å²) in [5, 5.41) is 3.22. The van der Waals surface area contributed by atoms with Crippen molar-refractivity contribution in [1.29, 1.82) is 0 Å². The quantitative estimate of drug-likeness (QED) is 0.840.